The maximum absolute atomic E-state index is 13.9. The number of fused-ring (bicyclic) bond motifs is 2. The molecule has 0 radical (unpaired) electrons. The zero-order valence-corrected chi connectivity index (χ0v) is 19.0. The number of nitro benzene ring substituents is 1. The maximum atomic E-state index is 13.9. The highest BCUT2D eigenvalue weighted by atomic mass is 19.4. The molecule has 13 heteroatoms. The first-order valence-electron chi connectivity index (χ1n) is 10.5. The van der Waals surface area contributed by atoms with Crippen molar-refractivity contribution >= 4 is 23.2 Å². The van der Waals surface area contributed by atoms with Crippen LogP contribution in [0.1, 0.15) is 40.9 Å². The van der Waals surface area contributed by atoms with E-state index < -0.39 is 45.8 Å². The molecule has 2 aliphatic heterocycles. The number of nitrogens with one attached hydrogen (secondary N) is 1. The highest BCUT2D eigenvalue weighted by molar-refractivity contribution is 6.05. The molecule has 2 aromatic carbocycles. The summed E-state index contributed by atoms with van der Waals surface area (Å²) < 4.78 is 72.3. The Morgan fingerprint density at radius 2 is 1.78 bits per heavy atom. The number of carbonyl (C=O) groups is 2. The number of benzene rings is 2. The summed E-state index contributed by atoms with van der Waals surface area (Å²) >= 11 is 0. The third kappa shape index (κ3) is 3.74. The summed E-state index contributed by atoms with van der Waals surface area (Å²) in [6.07, 6.45) is -6.19. The van der Waals surface area contributed by atoms with Crippen molar-refractivity contribution < 1.29 is 41.2 Å². The summed E-state index contributed by atoms with van der Waals surface area (Å²) in [4.78, 5) is 37.5. The quantitative estimate of drug-likeness (QED) is 0.364. The summed E-state index contributed by atoms with van der Waals surface area (Å²) in [5.74, 6) is -9.07. The number of halogens is 5. The van der Waals surface area contributed by atoms with E-state index in [4.69, 9.17) is 4.74 Å². The topological polar surface area (TPSA) is 102 Å². The molecular formula is C23H18F5N3O5. The average Bonchev–Trinajstić information content (AvgIpc) is 3.09. The SMILES string of the molecule is Cc1c([N+](=O)[O-])ccc2c1C(N1Cc3ccccc3C1=O)=C(NC(=O)C(F)(F)C(F)(F)F)C(C)(C)O2. The fourth-order valence-electron chi connectivity index (χ4n) is 4.22. The van der Waals surface area contributed by atoms with Gasteiger partial charge in [-0.05, 0) is 38.5 Å². The molecule has 0 atom stereocenters. The van der Waals surface area contributed by atoms with E-state index in [2.05, 4.69) is 0 Å². The number of alkyl halides is 5. The van der Waals surface area contributed by atoms with Crippen molar-refractivity contribution in [3.8, 4) is 5.75 Å². The molecule has 0 fully saturated rings. The fraction of sp³-hybridized carbons (Fsp3) is 0.304. The van der Waals surface area contributed by atoms with Crippen LogP contribution in [0.2, 0.25) is 0 Å². The molecule has 0 aliphatic carbocycles. The van der Waals surface area contributed by atoms with Gasteiger partial charge in [-0.15, -0.1) is 0 Å². The molecule has 2 heterocycles. The van der Waals surface area contributed by atoms with E-state index >= 15 is 0 Å². The summed E-state index contributed by atoms with van der Waals surface area (Å²) in [7, 11) is 0. The lowest BCUT2D eigenvalue weighted by molar-refractivity contribution is -0.385. The van der Waals surface area contributed by atoms with Crippen molar-refractivity contribution in [2.24, 2.45) is 0 Å². The van der Waals surface area contributed by atoms with Crippen LogP contribution in [0.4, 0.5) is 27.6 Å². The van der Waals surface area contributed by atoms with Gasteiger partial charge in [0.25, 0.3) is 11.6 Å². The molecule has 1 N–H and O–H groups in total. The minimum absolute atomic E-state index is 0.0161. The first-order chi connectivity index (χ1) is 16.6. The molecule has 0 saturated carbocycles. The summed E-state index contributed by atoms with van der Waals surface area (Å²) in [5.41, 5.74) is -2.34. The molecular weight excluding hydrogens is 493 g/mol. The largest absolute Gasteiger partial charge is 0.481 e. The van der Waals surface area contributed by atoms with Crippen LogP contribution in [0.5, 0.6) is 5.75 Å². The minimum Gasteiger partial charge on any atom is -0.481 e. The van der Waals surface area contributed by atoms with Crippen molar-refractivity contribution in [3.63, 3.8) is 0 Å². The van der Waals surface area contributed by atoms with E-state index in [1.165, 1.54) is 32.9 Å². The highest BCUT2D eigenvalue weighted by Crippen LogP contribution is 2.47. The molecule has 2 aromatic rings. The summed E-state index contributed by atoms with van der Waals surface area (Å²) in [6, 6.07) is 8.73. The third-order valence-electron chi connectivity index (χ3n) is 6.01. The fourth-order valence-corrected chi connectivity index (χ4v) is 4.22. The van der Waals surface area contributed by atoms with Gasteiger partial charge < -0.3 is 15.0 Å². The van der Waals surface area contributed by atoms with Crippen LogP contribution in [0.25, 0.3) is 5.70 Å². The van der Waals surface area contributed by atoms with Crippen LogP contribution in [0.15, 0.2) is 42.1 Å². The van der Waals surface area contributed by atoms with E-state index in [0.717, 1.165) is 11.0 Å². The van der Waals surface area contributed by atoms with Gasteiger partial charge in [0.05, 0.1) is 28.4 Å². The molecule has 4 rings (SSSR count). The predicted octanol–water partition coefficient (Wildman–Crippen LogP) is 4.71. The molecule has 0 aromatic heterocycles. The van der Waals surface area contributed by atoms with E-state index in [-0.39, 0.29) is 34.7 Å². The molecule has 190 valence electrons. The van der Waals surface area contributed by atoms with Crippen molar-refractivity contribution in [2.75, 3.05) is 0 Å². The molecule has 8 nitrogen and oxygen atoms in total. The van der Waals surface area contributed by atoms with Crippen LogP contribution in [0.3, 0.4) is 0 Å². The Hall–Kier alpha value is -4.03. The van der Waals surface area contributed by atoms with E-state index in [0.29, 0.717) is 5.56 Å². The Morgan fingerprint density at radius 3 is 2.36 bits per heavy atom. The van der Waals surface area contributed by atoms with Gasteiger partial charge in [-0.3, -0.25) is 19.7 Å². The number of nitrogens with zero attached hydrogens (tertiary/aromatic N) is 2. The number of hydrogen-bond acceptors (Lipinski definition) is 5. The Balaban J connectivity index is 1.99. The van der Waals surface area contributed by atoms with Crippen molar-refractivity contribution in [3.05, 3.63) is 74.5 Å². The highest BCUT2D eigenvalue weighted by Gasteiger charge is 2.64. The van der Waals surface area contributed by atoms with Crippen LogP contribution >= 0.6 is 0 Å². The lowest BCUT2D eigenvalue weighted by Crippen LogP contribution is -2.54. The normalized spacial score (nSPS) is 16.9. The van der Waals surface area contributed by atoms with Crippen molar-refractivity contribution in [1.82, 2.24) is 10.2 Å². The summed E-state index contributed by atoms with van der Waals surface area (Å²) in [6.45, 7) is 3.77. The van der Waals surface area contributed by atoms with Gasteiger partial charge in [-0.1, -0.05) is 18.2 Å². The minimum atomic E-state index is -6.19. The monoisotopic (exact) mass is 511 g/mol. The number of amides is 2. The first-order valence-corrected chi connectivity index (χ1v) is 10.5. The zero-order chi connectivity index (χ0) is 26.8. The van der Waals surface area contributed by atoms with Gasteiger partial charge >= 0.3 is 18.0 Å². The maximum Gasteiger partial charge on any atom is 0.463 e. The molecule has 0 unspecified atom stereocenters. The molecule has 0 spiro atoms. The van der Waals surface area contributed by atoms with Gasteiger partial charge in [0.1, 0.15) is 11.4 Å². The molecule has 0 bridgehead atoms. The standard InChI is InChI=1S/C23H18F5N3O5/c1-11-14(31(34)35)8-9-15-16(11)17(30-10-12-6-4-5-7-13(12)19(30)32)18(21(2,3)36-15)29-20(33)22(24,25)23(26,27)28/h4-9H,10H2,1-3H3,(H,29,33). The van der Waals surface area contributed by atoms with Crippen LogP contribution in [0, 0.1) is 17.0 Å². The average molecular weight is 511 g/mol. The Kier molecular flexibility index (Phi) is 5.57. The Morgan fingerprint density at radius 1 is 1.14 bits per heavy atom. The van der Waals surface area contributed by atoms with Crippen LogP contribution < -0.4 is 10.1 Å². The van der Waals surface area contributed by atoms with Gasteiger partial charge in [-0.25, -0.2) is 0 Å². The van der Waals surface area contributed by atoms with Gasteiger partial charge in [0.15, 0.2) is 0 Å². The number of nitro groups is 1. The second-order valence-electron chi connectivity index (χ2n) is 8.75. The Labute approximate surface area is 200 Å². The number of hydrogen-bond donors (Lipinski definition) is 1. The van der Waals surface area contributed by atoms with E-state index in [9.17, 15) is 41.7 Å². The lowest BCUT2D eigenvalue weighted by Gasteiger charge is -2.40. The zero-order valence-electron chi connectivity index (χ0n) is 19.0. The number of carbonyl (C=O) groups excluding carboxylic acids is 2. The van der Waals surface area contributed by atoms with Gasteiger partial charge in [0.2, 0.25) is 0 Å². The van der Waals surface area contributed by atoms with Gasteiger partial charge in [-0.2, -0.15) is 22.0 Å². The second-order valence-corrected chi connectivity index (χ2v) is 8.75. The van der Waals surface area contributed by atoms with Crippen LogP contribution in [-0.4, -0.2) is 39.3 Å². The molecule has 0 saturated heterocycles. The smallest absolute Gasteiger partial charge is 0.463 e. The lowest BCUT2D eigenvalue weighted by atomic mass is 9.90. The third-order valence-corrected chi connectivity index (χ3v) is 6.01. The number of rotatable bonds is 4. The Bertz CT molecular complexity index is 1350. The molecule has 2 aliphatic rings. The van der Waals surface area contributed by atoms with Crippen molar-refractivity contribution in [1.29, 1.82) is 0 Å². The van der Waals surface area contributed by atoms with E-state index in [1.807, 2.05) is 0 Å². The van der Waals surface area contributed by atoms with Crippen molar-refractivity contribution in [2.45, 2.75) is 45.0 Å². The summed E-state index contributed by atoms with van der Waals surface area (Å²) in [5, 5.41) is 13.2. The van der Waals surface area contributed by atoms with E-state index in [1.54, 1.807) is 23.5 Å². The van der Waals surface area contributed by atoms with Gasteiger partial charge in [0, 0.05) is 17.2 Å². The molecule has 36 heavy (non-hydrogen) atoms. The number of ether oxygens (including phenoxy) is 1. The van der Waals surface area contributed by atoms with Crippen LogP contribution in [-0.2, 0) is 11.3 Å². The molecule has 2 amide bonds. The second kappa shape index (κ2) is 8.00. The first kappa shape index (κ1) is 25.1. The predicted molar refractivity (Wildman–Crippen MR) is 115 cm³/mol.